The average molecular weight is 408 g/mol. The number of halogens is 5. The molecule has 17 heavy (non-hydrogen) atoms. The normalized spacial score (nSPS) is 5.29. The first-order chi connectivity index (χ1) is 7.07. The van der Waals surface area contributed by atoms with Crippen LogP contribution in [0.2, 0.25) is 0 Å². The Labute approximate surface area is 153 Å². The second-order valence-electron chi connectivity index (χ2n) is 0.315. The topological polar surface area (TPSA) is 231 Å². The summed E-state index contributed by atoms with van der Waals surface area (Å²) in [5, 5.41) is 0. The van der Waals surface area contributed by atoms with Crippen molar-refractivity contribution in [1.29, 1.82) is 0 Å². The second kappa shape index (κ2) is 98.2. The third-order valence-electron chi connectivity index (χ3n) is 0. The van der Waals surface area contributed by atoms with E-state index in [1.165, 1.54) is 0 Å². The summed E-state index contributed by atoms with van der Waals surface area (Å²) in [6.07, 6.45) is 0. The number of rotatable bonds is 0. The van der Waals surface area contributed by atoms with E-state index in [9.17, 15) is 0 Å². The van der Waals surface area contributed by atoms with E-state index in [2.05, 4.69) is 0 Å². The fourth-order valence-electron chi connectivity index (χ4n) is 0. The average Bonchev–Trinajstić information content (AvgIpc) is 2.09. The number of hydrogen-bond acceptors (Lipinski definition) is 10. The van der Waals surface area contributed by atoms with E-state index in [0.717, 1.165) is 0 Å². The predicted octanol–water partition coefficient (Wildman–Crippen LogP) is -14.9. The Morgan fingerprint density at radius 3 is 0.353 bits per heavy atom. The Kier molecular flexibility index (Phi) is 247. The van der Waals surface area contributed by atoms with Crippen molar-refractivity contribution in [1.82, 2.24) is 0 Å². The molecule has 10 nitrogen and oxygen atoms in total. The third kappa shape index (κ3) is 690. The van der Waals surface area contributed by atoms with Gasteiger partial charge in [-0.15, -0.1) is 0 Å². The summed E-state index contributed by atoms with van der Waals surface area (Å²) in [6, 6.07) is 0. The molecule has 0 spiro atoms. The van der Waals surface area contributed by atoms with Gasteiger partial charge in [0.25, 0.3) is 0 Å². The van der Waals surface area contributed by atoms with E-state index in [4.69, 9.17) is 46.6 Å². The number of hydrogen-bond donors (Lipinski definition) is 0. The van der Waals surface area contributed by atoms with Gasteiger partial charge in [-0.3, -0.25) is 0 Å². The molecular weight excluding hydrogens is 408 g/mol. The van der Waals surface area contributed by atoms with Crippen LogP contribution in [0.1, 0.15) is 0 Å². The van der Waals surface area contributed by atoms with Crippen molar-refractivity contribution in [3.05, 3.63) is 0 Å². The van der Waals surface area contributed by atoms with Crippen LogP contribution in [0.5, 0.6) is 0 Å². The Hall–Kier alpha value is 2.76. The van der Waals surface area contributed by atoms with Gasteiger partial charge >= 0.3 is 51.3 Å². The van der Waals surface area contributed by atoms with E-state index < -0.39 is 56.6 Å². The van der Waals surface area contributed by atoms with Crippen LogP contribution in [0.25, 0.3) is 0 Å². The molecule has 0 unspecified atom stereocenters. The molecule has 0 fully saturated rings. The molecule has 17 heteroatoms. The first-order valence-corrected chi connectivity index (χ1v) is 4.63. The molecule has 0 aromatic rings. The minimum atomic E-state index is -0.417. The van der Waals surface area contributed by atoms with Crippen LogP contribution in [0.15, 0.2) is 0 Å². The van der Waals surface area contributed by atoms with Gasteiger partial charge in [0.05, 0.1) is 56.6 Å². The van der Waals surface area contributed by atoms with E-state index in [-0.39, 0.29) is 51.3 Å². The summed E-state index contributed by atoms with van der Waals surface area (Å²) in [4.78, 5) is 0. The van der Waals surface area contributed by atoms with Crippen molar-refractivity contribution in [2.24, 2.45) is 0 Å². The molecule has 0 radical (unpaired) electrons. The van der Waals surface area contributed by atoms with Gasteiger partial charge in [0.15, 0.2) is 0 Å². The summed E-state index contributed by atoms with van der Waals surface area (Å²) in [5.74, 6) is 0. The van der Waals surface area contributed by atoms with Crippen LogP contribution in [-0.4, -0.2) is 0 Å². The molecule has 0 atom stereocenters. The second-order valence-corrected chi connectivity index (χ2v) is 0.945. The maximum absolute atomic E-state index is 8.24. The zero-order valence-electron chi connectivity index (χ0n) is 7.47. The monoisotopic (exact) mass is 406 g/mol. The van der Waals surface area contributed by atoms with Crippen LogP contribution in [0, 0.1) is 56.6 Å². The largest absolute Gasteiger partial charge is 4.00 e. The molecule has 0 aliphatic heterocycles. The zero-order chi connectivity index (χ0) is 13.5. The zero-order valence-corrected chi connectivity index (χ0v) is 14.8. The van der Waals surface area contributed by atoms with Gasteiger partial charge in [-0.05, 0) is 0 Å². The Balaban J connectivity index is -0.0000000143. The van der Waals surface area contributed by atoms with Crippen molar-refractivity contribution < 1.29 is 154 Å². The molecule has 0 aliphatic rings. The fraction of sp³-hybridized carbons (Fsp3) is 0. The van der Waals surface area contributed by atoms with E-state index in [1.807, 2.05) is 0 Å². The minimum absolute atomic E-state index is 0. The molecule has 0 rings (SSSR count). The van der Waals surface area contributed by atoms with E-state index in [1.54, 1.807) is 0 Å². The van der Waals surface area contributed by atoms with Crippen LogP contribution < -0.4 is 76.1 Å². The minimum Gasteiger partial charge on any atom is -0.544 e. The molecule has 0 heterocycles. The molecule has 0 aliphatic carbocycles. The summed E-state index contributed by atoms with van der Waals surface area (Å²) in [5.41, 5.74) is 0. The molecule has 0 amide bonds. The van der Waals surface area contributed by atoms with Gasteiger partial charge in [0.1, 0.15) is 0 Å². The predicted molar refractivity (Wildman–Crippen MR) is 0 cm³/mol. The van der Waals surface area contributed by atoms with E-state index in [0.29, 0.717) is 0 Å². The first kappa shape index (κ1) is 42.7. The van der Waals surface area contributed by atoms with Crippen LogP contribution in [0.3, 0.4) is 0 Å². The SMILES string of the molecule is [Na+].[O-][Cl+][O-].[O-][Cl+][O-].[O-][Cl+][O-].[O-][Cl+][O-].[O-][Cl+][O-].[Ti+4]. The van der Waals surface area contributed by atoms with Crippen molar-refractivity contribution >= 4 is 0 Å². The third-order valence-corrected chi connectivity index (χ3v) is 0. The Bertz CT molecular complexity index is 36.3. The first-order valence-electron chi connectivity index (χ1n) is 1.54. The van der Waals surface area contributed by atoms with Gasteiger partial charge in [0, 0.05) is 0 Å². The van der Waals surface area contributed by atoms with Gasteiger partial charge in [-0.2, -0.15) is 0 Å². The van der Waals surface area contributed by atoms with Crippen LogP contribution in [-0.2, 0) is 21.7 Å². The Morgan fingerprint density at radius 1 is 0.353 bits per heavy atom. The standard InChI is InChI=1S/5ClO2.Na.Ti/c5*2-1-3;;/q5*-1;+1;+4. The molecule has 0 aromatic carbocycles. The van der Waals surface area contributed by atoms with Crippen molar-refractivity contribution in [3.63, 3.8) is 0 Å². The van der Waals surface area contributed by atoms with Crippen LogP contribution >= 0.6 is 0 Å². The quantitative estimate of drug-likeness (QED) is 0.343. The van der Waals surface area contributed by atoms with Crippen molar-refractivity contribution in [2.75, 3.05) is 0 Å². The summed E-state index contributed by atoms with van der Waals surface area (Å²) in [6.45, 7) is 0. The molecule has 0 saturated heterocycles. The van der Waals surface area contributed by atoms with Gasteiger partial charge in [0.2, 0.25) is 0 Å². The van der Waals surface area contributed by atoms with Gasteiger partial charge in [-0.1, -0.05) is 0 Å². The van der Waals surface area contributed by atoms with Gasteiger partial charge in [-0.25, -0.2) is 0 Å². The smallest absolute Gasteiger partial charge is 0.544 e. The van der Waals surface area contributed by atoms with Crippen LogP contribution in [0.4, 0.5) is 0 Å². The fourth-order valence-corrected chi connectivity index (χ4v) is 0. The molecule has 0 N–H and O–H groups in total. The van der Waals surface area contributed by atoms with Crippen molar-refractivity contribution in [3.8, 4) is 0 Å². The summed E-state index contributed by atoms with van der Waals surface area (Å²) in [7, 11) is 0. The van der Waals surface area contributed by atoms with E-state index >= 15 is 0 Å². The maximum Gasteiger partial charge on any atom is 4.00 e. The summed E-state index contributed by atoms with van der Waals surface area (Å²) >= 11 is -2.08. The maximum atomic E-state index is 8.24. The Morgan fingerprint density at radius 2 is 0.353 bits per heavy atom. The molecule has 100 valence electrons. The molecule has 0 saturated carbocycles. The van der Waals surface area contributed by atoms with Crippen molar-refractivity contribution in [2.45, 2.75) is 0 Å². The molecule has 0 bridgehead atoms. The van der Waals surface area contributed by atoms with Gasteiger partial charge < -0.3 is 46.6 Å². The molecular formula is Cl5NaO10Ti. The summed E-state index contributed by atoms with van der Waals surface area (Å²) < 4.78 is 82.4. The molecule has 0 aromatic heterocycles.